The third-order valence-electron chi connectivity index (χ3n) is 2.38. The van der Waals surface area contributed by atoms with Gasteiger partial charge in [0.15, 0.2) is 0 Å². The summed E-state index contributed by atoms with van der Waals surface area (Å²) in [5.41, 5.74) is 1.20. The number of rotatable bonds is 3. The summed E-state index contributed by atoms with van der Waals surface area (Å²) in [4.78, 5) is 17.6. The van der Waals surface area contributed by atoms with Gasteiger partial charge in [-0.1, -0.05) is 12.8 Å². The second-order valence-corrected chi connectivity index (χ2v) is 5.23. The molecule has 0 heterocycles. The summed E-state index contributed by atoms with van der Waals surface area (Å²) in [5, 5.41) is 0. The summed E-state index contributed by atoms with van der Waals surface area (Å²) in [7, 11) is -2.37. The van der Waals surface area contributed by atoms with E-state index in [1.54, 1.807) is 0 Å². The number of hydrogen-bond donors (Lipinski definition) is 2. The Balaban J connectivity index is 0.000000360. The van der Waals surface area contributed by atoms with E-state index in [1.807, 2.05) is 61.5 Å². The van der Waals surface area contributed by atoms with E-state index in [4.69, 9.17) is 9.59 Å². The van der Waals surface area contributed by atoms with Crippen LogP contribution in [-0.2, 0) is 17.1 Å². The molecule has 0 aliphatic carbocycles. The average molecular weight is 290 g/mol. The van der Waals surface area contributed by atoms with E-state index >= 15 is 0 Å². The van der Waals surface area contributed by atoms with Crippen molar-refractivity contribution < 1.29 is 26.7 Å². The van der Waals surface area contributed by atoms with Gasteiger partial charge in [0, 0.05) is 17.1 Å². The SMILES string of the molecule is CC(C[SiH](O)O)[c-]1cccc1.[Fe].[cH-]1[cH-][cH-][cH-][cH-]1. The molecule has 0 aliphatic heterocycles. The second kappa shape index (κ2) is 9.39. The van der Waals surface area contributed by atoms with Gasteiger partial charge in [0.25, 0.3) is 0 Å². The molecule has 0 saturated carbocycles. The molecule has 0 fully saturated rings. The molecule has 0 aromatic heterocycles. The van der Waals surface area contributed by atoms with Gasteiger partial charge in [0.1, 0.15) is 0 Å². The average Bonchev–Trinajstić information content (AvgIpc) is 2.94. The molecule has 4 heteroatoms. The summed E-state index contributed by atoms with van der Waals surface area (Å²) >= 11 is 0. The molecule has 2 nitrogen and oxygen atoms in total. The quantitative estimate of drug-likeness (QED) is 0.671. The zero-order chi connectivity index (χ0) is 11.8. The Hall–Kier alpha value is -0.644. The maximum absolute atomic E-state index is 8.82. The molecular formula is C13H18FeO2Si-6. The smallest absolute Gasteiger partial charge is 0.315 e. The van der Waals surface area contributed by atoms with Gasteiger partial charge in [-0.2, -0.15) is 17.7 Å². The van der Waals surface area contributed by atoms with Crippen LogP contribution in [0.2, 0.25) is 6.04 Å². The first-order valence-electron chi connectivity index (χ1n) is 5.44. The Morgan fingerprint density at radius 2 is 1.47 bits per heavy atom. The molecule has 0 spiro atoms. The van der Waals surface area contributed by atoms with E-state index in [9.17, 15) is 0 Å². The largest absolute Gasteiger partial charge is 0.748 e. The van der Waals surface area contributed by atoms with Crippen LogP contribution in [0.5, 0.6) is 0 Å². The maximum atomic E-state index is 8.82. The fourth-order valence-corrected chi connectivity index (χ4v) is 2.40. The Morgan fingerprint density at radius 1 is 1.06 bits per heavy atom. The van der Waals surface area contributed by atoms with Gasteiger partial charge in [-0.3, -0.25) is 0 Å². The molecule has 2 aromatic carbocycles. The molecule has 0 aliphatic rings. The first-order chi connectivity index (χ1) is 7.70. The zero-order valence-electron chi connectivity index (χ0n) is 9.81. The van der Waals surface area contributed by atoms with E-state index < -0.39 is 9.28 Å². The monoisotopic (exact) mass is 290 g/mol. The van der Waals surface area contributed by atoms with Crippen LogP contribution in [0.3, 0.4) is 0 Å². The Labute approximate surface area is 115 Å². The third-order valence-corrected chi connectivity index (χ3v) is 3.51. The predicted octanol–water partition coefficient (Wildman–Crippen LogP) is 2.12. The van der Waals surface area contributed by atoms with Crippen LogP contribution >= 0.6 is 0 Å². The van der Waals surface area contributed by atoms with Crippen LogP contribution in [0.4, 0.5) is 0 Å². The Bertz CT molecular complexity index is 326. The van der Waals surface area contributed by atoms with Crippen molar-refractivity contribution >= 4 is 9.28 Å². The Morgan fingerprint density at radius 3 is 1.82 bits per heavy atom. The topological polar surface area (TPSA) is 40.5 Å². The van der Waals surface area contributed by atoms with Gasteiger partial charge in [0.2, 0.25) is 0 Å². The van der Waals surface area contributed by atoms with E-state index in [0.29, 0.717) is 6.04 Å². The first kappa shape index (κ1) is 16.4. The van der Waals surface area contributed by atoms with Crippen molar-refractivity contribution in [3.05, 3.63) is 60.2 Å². The van der Waals surface area contributed by atoms with Gasteiger partial charge >= 0.3 is 9.28 Å². The van der Waals surface area contributed by atoms with Crippen molar-refractivity contribution in [3.63, 3.8) is 0 Å². The molecule has 1 unspecified atom stereocenters. The van der Waals surface area contributed by atoms with Crippen LogP contribution in [0.15, 0.2) is 54.6 Å². The van der Waals surface area contributed by atoms with E-state index in [0.717, 1.165) is 0 Å². The van der Waals surface area contributed by atoms with Crippen molar-refractivity contribution in [2.45, 2.75) is 18.9 Å². The first-order valence-corrected chi connectivity index (χ1v) is 7.29. The molecule has 1 atom stereocenters. The van der Waals surface area contributed by atoms with Crippen LogP contribution in [0.25, 0.3) is 0 Å². The molecule has 2 aromatic rings. The molecule has 2 rings (SSSR count). The van der Waals surface area contributed by atoms with E-state index in [1.165, 1.54) is 5.56 Å². The minimum atomic E-state index is -2.37. The van der Waals surface area contributed by atoms with Crippen molar-refractivity contribution in [1.29, 1.82) is 0 Å². The molecule has 0 amide bonds. The van der Waals surface area contributed by atoms with Gasteiger partial charge in [-0.25, -0.2) is 12.1 Å². The van der Waals surface area contributed by atoms with Crippen LogP contribution < -0.4 is 0 Å². The van der Waals surface area contributed by atoms with Crippen molar-refractivity contribution in [2.24, 2.45) is 0 Å². The molecule has 0 saturated heterocycles. The standard InChI is InChI=1S/C8H13O2Si.C5H5.Fe/c1-7(6-11(9)10)8-4-2-3-5-8;1-2-4-5-3-1;/h2-5,7,9-11H,6H2,1H3;1-5H;/q-1;-5;. The van der Waals surface area contributed by atoms with Crippen molar-refractivity contribution in [1.82, 2.24) is 0 Å². The van der Waals surface area contributed by atoms with Gasteiger partial charge in [0.05, 0.1) is 0 Å². The molecule has 17 heavy (non-hydrogen) atoms. The predicted molar refractivity (Wildman–Crippen MR) is 68.9 cm³/mol. The molecular weight excluding hydrogens is 272 g/mol. The summed E-state index contributed by atoms with van der Waals surface area (Å²) in [6.45, 7) is 2.02. The van der Waals surface area contributed by atoms with Gasteiger partial charge in [-0.15, -0.1) is 0 Å². The van der Waals surface area contributed by atoms with Crippen molar-refractivity contribution in [3.8, 4) is 0 Å². The summed E-state index contributed by atoms with van der Waals surface area (Å²) in [6, 6.07) is 18.5. The molecule has 0 radical (unpaired) electrons. The molecule has 100 valence electrons. The van der Waals surface area contributed by atoms with E-state index in [-0.39, 0.29) is 23.0 Å². The second-order valence-electron chi connectivity index (χ2n) is 3.80. The summed E-state index contributed by atoms with van der Waals surface area (Å²) in [5.74, 6) is 0.289. The maximum Gasteiger partial charge on any atom is 0.315 e. The molecule has 0 bridgehead atoms. The van der Waals surface area contributed by atoms with Gasteiger partial charge < -0.3 is 39.9 Å². The van der Waals surface area contributed by atoms with Crippen molar-refractivity contribution in [2.75, 3.05) is 0 Å². The fraction of sp³-hybridized carbons (Fsp3) is 0.231. The molecule has 2 N–H and O–H groups in total. The minimum Gasteiger partial charge on any atom is -0.748 e. The normalized spacial score (nSPS) is 11.3. The van der Waals surface area contributed by atoms with Crippen LogP contribution in [-0.4, -0.2) is 18.9 Å². The third kappa shape index (κ3) is 7.31. The zero-order valence-corrected chi connectivity index (χ0v) is 12.1. The van der Waals surface area contributed by atoms with Crippen LogP contribution in [0.1, 0.15) is 18.4 Å². The minimum absolute atomic E-state index is 0. The van der Waals surface area contributed by atoms with Gasteiger partial charge in [-0.05, 0) is 6.04 Å². The summed E-state index contributed by atoms with van der Waals surface area (Å²) in [6.07, 6.45) is 0. The van der Waals surface area contributed by atoms with Crippen LogP contribution in [0, 0.1) is 0 Å². The fourth-order valence-electron chi connectivity index (χ4n) is 1.49. The van der Waals surface area contributed by atoms with E-state index in [2.05, 4.69) is 0 Å². The number of hydrogen-bond acceptors (Lipinski definition) is 2. The summed E-state index contributed by atoms with van der Waals surface area (Å²) < 4.78 is 0. The Kier molecular flexibility index (Phi) is 9.04.